The SMILES string of the molecule is CC/C=C/C=C/C(C)c1ccnc(F)c1C(N)=O. The summed E-state index contributed by atoms with van der Waals surface area (Å²) in [5.74, 6) is -1.71. The van der Waals surface area contributed by atoms with Crippen LogP contribution in [-0.2, 0) is 0 Å². The van der Waals surface area contributed by atoms with E-state index in [0.29, 0.717) is 5.56 Å². The van der Waals surface area contributed by atoms with Crippen molar-refractivity contribution >= 4 is 5.91 Å². The fourth-order valence-electron chi connectivity index (χ4n) is 1.62. The van der Waals surface area contributed by atoms with E-state index >= 15 is 0 Å². The summed E-state index contributed by atoms with van der Waals surface area (Å²) in [6, 6.07) is 1.61. The molecule has 3 nitrogen and oxygen atoms in total. The Labute approximate surface area is 106 Å². The second kappa shape index (κ2) is 6.69. The predicted molar refractivity (Wildman–Crippen MR) is 69.7 cm³/mol. The molecule has 0 aliphatic carbocycles. The van der Waals surface area contributed by atoms with Gasteiger partial charge in [-0.3, -0.25) is 4.79 Å². The molecule has 1 amide bonds. The van der Waals surface area contributed by atoms with Crippen molar-refractivity contribution in [2.24, 2.45) is 5.73 Å². The third-order valence-electron chi connectivity index (χ3n) is 2.56. The van der Waals surface area contributed by atoms with E-state index in [4.69, 9.17) is 5.73 Å². The molecule has 4 heteroatoms. The van der Waals surface area contributed by atoms with E-state index < -0.39 is 11.9 Å². The largest absolute Gasteiger partial charge is 0.365 e. The van der Waals surface area contributed by atoms with Crippen LogP contribution in [0.3, 0.4) is 0 Å². The summed E-state index contributed by atoms with van der Waals surface area (Å²) in [5, 5.41) is 0. The van der Waals surface area contributed by atoms with Gasteiger partial charge in [0.05, 0.1) is 5.56 Å². The molecule has 0 aliphatic rings. The number of amides is 1. The van der Waals surface area contributed by atoms with Crippen molar-refractivity contribution < 1.29 is 9.18 Å². The lowest BCUT2D eigenvalue weighted by Gasteiger charge is -2.10. The number of rotatable bonds is 5. The number of hydrogen-bond acceptors (Lipinski definition) is 2. The van der Waals surface area contributed by atoms with Gasteiger partial charge in [0.15, 0.2) is 0 Å². The number of nitrogens with zero attached hydrogens (tertiary/aromatic N) is 1. The summed E-state index contributed by atoms with van der Waals surface area (Å²) in [6.45, 7) is 3.91. The van der Waals surface area contributed by atoms with E-state index in [2.05, 4.69) is 4.98 Å². The Bertz CT molecular complexity index is 481. The Morgan fingerprint density at radius 1 is 1.56 bits per heavy atom. The predicted octanol–water partition coefficient (Wildman–Crippen LogP) is 2.95. The molecule has 0 saturated carbocycles. The van der Waals surface area contributed by atoms with Crippen LogP contribution in [0, 0.1) is 5.95 Å². The van der Waals surface area contributed by atoms with Gasteiger partial charge in [0, 0.05) is 12.1 Å². The smallest absolute Gasteiger partial charge is 0.253 e. The number of aromatic nitrogens is 1. The van der Waals surface area contributed by atoms with Crippen molar-refractivity contribution in [3.05, 3.63) is 53.6 Å². The fourth-order valence-corrected chi connectivity index (χ4v) is 1.62. The van der Waals surface area contributed by atoms with Gasteiger partial charge in [0.25, 0.3) is 5.91 Å². The Hall–Kier alpha value is -1.97. The van der Waals surface area contributed by atoms with Gasteiger partial charge in [-0.25, -0.2) is 4.98 Å². The van der Waals surface area contributed by atoms with Gasteiger partial charge in [0.1, 0.15) is 0 Å². The first kappa shape index (κ1) is 14.1. The Balaban J connectivity index is 3.02. The van der Waals surface area contributed by atoms with Crippen molar-refractivity contribution in [3.63, 3.8) is 0 Å². The quantitative estimate of drug-likeness (QED) is 0.643. The molecule has 2 N–H and O–H groups in total. The summed E-state index contributed by atoms with van der Waals surface area (Å²) in [6.07, 6.45) is 9.96. The lowest BCUT2D eigenvalue weighted by atomic mass is 9.96. The number of allylic oxidation sites excluding steroid dienone is 4. The molecule has 1 atom stereocenters. The van der Waals surface area contributed by atoms with Crippen molar-refractivity contribution in [3.8, 4) is 0 Å². The standard InChI is InChI=1S/C14H17FN2O/c1-3-4-5-6-7-10(2)11-8-9-17-13(15)12(11)14(16)18/h4-10H,3H2,1-2H3,(H2,16,18)/b5-4+,7-6+. The van der Waals surface area contributed by atoms with E-state index in [9.17, 15) is 9.18 Å². The Morgan fingerprint density at radius 3 is 2.89 bits per heavy atom. The third kappa shape index (κ3) is 3.52. The van der Waals surface area contributed by atoms with Gasteiger partial charge in [-0.15, -0.1) is 0 Å². The summed E-state index contributed by atoms with van der Waals surface area (Å²) >= 11 is 0. The highest BCUT2D eigenvalue weighted by Gasteiger charge is 2.17. The first-order valence-electron chi connectivity index (χ1n) is 5.85. The minimum Gasteiger partial charge on any atom is -0.365 e. The lowest BCUT2D eigenvalue weighted by molar-refractivity contribution is 0.0994. The van der Waals surface area contributed by atoms with Gasteiger partial charge >= 0.3 is 0 Å². The van der Waals surface area contributed by atoms with Gasteiger partial charge in [0.2, 0.25) is 5.95 Å². The van der Waals surface area contributed by atoms with E-state index in [0.717, 1.165) is 6.42 Å². The van der Waals surface area contributed by atoms with Gasteiger partial charge in [-0.2, -0.15) is 4.39 Å². The number of primary amides is 1. The Kier molecular flexibility index (Phi) is 5.24. The second-order valence-electron chi connectivity index (χ2n) is 3.94. The van der Waals surface area contributed by atoms with Gasteiger partial charge in [-0.1, -0.05) is 38.2 Å². The highest BCUT2D eigenvalue weighted by atomic mass is 19.1. The zero-order valence-corrected chi connectivity index (χ0v) is 10.6. The summed E-state index contributed by atoms with van der Waals surface area (Å²) in [5.41, 5.74) is 5.59. The average Bonchev–Trinajstić information content (AvgIpc) is 2.33. The molecule has 0 aromatic carbocycles. The first-order chi connectivity index (χ1) is 8.57. The molecule has 1 rings (SSSR count). The number of pyridine rings is 1. The molecule has 0 fully saturated rings. The third-order valence-corrected chi connectivity index (χ3v) is 2.56. The van der Waals surface area contributed by atoms with Gasteiger partial charge in [-0.05, 0) is 18.1 Å². The maximum absolute atomic E-state index is 13.5. The molecule has 0 aliphatic heterocycles. The van der Waals surface area contributed by atoms with E-state index in [1.165, 1.54) is 6.20 Å². The molecule has 1 aromatic rings. The zero-order valence-electron chi connectivity index (χ0n) is 10.6. The van der Waals surface area contributed by atoms with Crippen LogP contribution in [0.15, 0.2) is 36.6 Å². The maximum Gasteiger partial charge on any atom is 0.253 e. The molecule has 96 valence electrons. The number of carbonyl (C=O) groups excluding carboxylic acids is 1. The molecule has 0 spiro atoms. The van der Waals surface area contributed by atoms with Crippen LogP contribution < -0.4 is 5.73 Å². The molecule has 1 aromatic heterocycles. The highest BCUT2D eigenvalue weighted by molar-refractivity contribution is 5.94. The topological polar surface area (TPSA) is 56.0 Å². The molecule has 1 heterocycles. The zero-order chi connectivity index (χ0) is 13.5. The number of hydrogen-bond donors (Lipinski definition) is 1. The molecular weight excluding hydrogens is 231 g/mol. The number of nitrogens with two attached hydrogens (primary N) is 1. The molecule has 0 bridgehead atoms. The minimum absolute atomic E-state index is 0.105. The van der Waals surface area contributed by atoms with Crippen LogP contribution >= 0.6 is 0 Å². The molecule has 18 heavy (non-hydrogen) atoms. The highest BCUT2D eigenvalue weighted by Crippen LogP contribution is 2.22. The van der Waals surface area contributed by atoms with Crippen LogP contribution in [-0.4, -0.2) is 10.9 Å². The van der Waals surface area contributed by atoms with Crippen LogP contribution in [0.25, 0.3) is 0 Å². The second-order valence-corrected chi connectivity index (χ2v) is 3.94. The summed E-state index contributed by atoms with van der Waals surface area (Å²) in [4.78, 5) is 14.7. The van der Waals surface area contributed by atoms with E-state index in [1.54, 1.807) is 6.07 Å². The number of halogens is 1. The van der Waals surface area contributed by atoms with Crippen LogP contribution in [0.2, 0.25) is 0 Å². The number of carbonyl (C=O) groups is 1. The first-order valence-corrected chi connectivity index (χ1v) is 5.85. The molecular formula is C14H17FN2O. The molecule has 0 saturated heterocycles. The van der Waals surface area contributed by atoms with Crippen molar-refractivity contribution in [2.75, 3.05) is 0 Å². The minimum atomic E-state index is -0.815. The van der Waals surface area contributed by atoms with Crippen molar-refractivity contribution in [1.29, 1.82) is 0 Å². The van der Waals surface area contributed by atoms with Crippen LogP contribution in [0.4, 0.5) is 4.39 Å². The van der Waals surface area contributed by atoms with Gasteiger partial charge < -0.3 is 5.73 Å². The molecule has 0 radical (unpaired) electrons. The van der Waals surface area contributed by atoms with Crippen molar-refractivity contribution in [1.82, 2.24) is 4.98 Å². The summed E-state index contributed by atoms with van der Waals surface area (Å²) < 4.78 is 13.5. The van der Waals surface area contributed by atoms with Crippen LogP contribution in [0.5, 0.6) is 0 Å². The lowest BCUT2D eigenvalue weighted by Crippen LogP contribution is -2.17. The van der Waals surface area contributed by atoms with Crippen LogP contribution in [0.1, 0.15) is 42.1 Å². The van der Waals surface area contributed by atoms with Crippen molar-refractivity contribution in [2.45, 2.75) is 26.2 Å². The Morgan fingerprint density at radius 2 is 2.28 bits per heavy atom. The van der Waals surface area contributed by atoms with E-state index in [-0.39, 0.29) is 11.5 Å². The summed E-state index contributed by atoms with van der Waals surface area (Å²) in [7, 11) is 0. The molecule has 1 unspecified atom stereocenters. The monoisotopic (exact) mass is 248 g/mol. The van der Waals surface area contributed by atoms with E-state index in [1.807, 2.05) is 38.2 Å². The average molecular weight is 248 g/mol. The fraction of sp³-hybridized carbons (Fsp3) is 0.286. The normalized spacial score (nSPS) is 13.3. The maximum atomic E-state index is 13.5.